The molecule has 4 rings (SSSR count). The molecule has 116 valence electrons. The van der Waals surface area contributed by atoms with Crippen LogP contribution < -0.4 is 5.32 Å². The minimum Gasteiger partial charge on any atom is -0.369 e. The summed E-state index contributed by atoms with van der Waals surface area (Å²) in [5.74, 6) is 1.80. The Morgan fingerprint density at radius 3 is 3.05 bits per heavy atom. The number of aryl methyl sites for hydroxylation is 1. The van der Waals surface area contributed by atoms with Crippen LogP contribution in [0.25, 0.3) is 5.69 Å². The van der Waals surface area contributed by atoms with Crippen LogP contribution in [-0.2, 0) is 6.42 Å². The predicted octanol–water partition coefficient (Wildman–Crippen LogP) is 2.96. The number of rotatable bonds is 2. The number of hydrogen-bond acceptors (Lipinski definition) is 3. The van der Waals surface area contributed by atoms with Crippen molar-refractivity contribution in [1.29, 1.82) is 0 Å². The molecule has 2 aliphatic heterocycles. The van der Waals surface area contributed by atoms with Crippen molar-refractivity contribution in [2.45, 2.75) is 32.1 Å². The minimum atomic E-state index is 0.582. The Morgan fingerprint density at radius 1 is 1.32 bits per heavy atom. The number of nitrogens with zero attached hydrogens (tertiary/aromatic N) is 3. The third-order valence-corrected chi connectivity index (χ3v) is 4.94. The molecule has 3 heterocycles. The third kappa shape index (κ3) is 2.31. The Bertz CT molecular complexity index is 688. The number of benzene rings is 1. The van der Waals surface area contributed by atoms with E-state index in [1.165, 1.54) is 47.7 Å². The van der Waals surface area contributed by atoms with Gasteiger partial charge in [-0.2, -0.15) is 5.10 Å². The fourth-order valence-electron chi connectivity index (χ4n) is 3.87. The zero-order valence-corrected chi connectivity index (χ0v) is 13.5. The zero-order valence-electron chi connectivity index (χ0n) is 13.5. The summed E-state index contributed by atoms with van der Waals surface area (Å²) in [7, 11) is 2.22. The van der Waals surface area contributed by atoms with Crippen molar-refractivity contribution in [1.82, 2.24) is 14.7 Å². The first-order valence-electron chi connectivity index (χ1n) is 8.33. The summed E-state index contributed by atoms with van der Waals surface area (Å²) < 4.78 is 2.12. The van der Waals surface area contributed by atoms with Crippen LogP contribution in [0.15, 0.2) is 24.3 Å². The van der Waals surface area contributed by atoms with Gasteiger partial charge in [0.1, 0.15) is 5.82 Å². The van der Waals surface area contributed by atoms with Crippen molar-refractivity contribution in [2.24, 2.45) is 0 Å². The van der Waals surface area contributed by atoms with E-state index in [0.717, 1.165) is 19.5 Å². The van der Waals surface area contributed by atoms with Crippen molar-refractivity contribution < 1.29 is 0 Å². The first-order chi connectivity index (χ1) is 10.7. The van der Waals surface area contributed by atoms with E-state index in [0.29, 0.717) is 5.92 Å². The predicted molar refractivity (Wildman–Crippen MR) is 90.0 cm³/mol. The quantitative estimate of drug-likeness (QED) is 0.925. The highest BCUT2D eigenvalue weighted by Gasteiger charge is 2.29. The number of aromatic nitrogens is 2. The lowest BCUT2D eigenvalue weighted by Gasteiger charge is -2.29. The van der Waals surface area contributed by atoms with Gasteiger partial charge in [-0.1, -0.05) is 12.1 Å². The van der Waals surface area contributed by atoms with Gasteiger partial charge >= 0.3 is 0 Å². The topological polar surface area (TPSA) is 33.1 Å². The van der Waals surface area contributed by atoms with Gasteiger partial charge in [-0.05, 0) is 57.5 Å². The van der Waals surface area contributed by atoms with Crippen molar-refractivity contribution in [3.05, 3.63) is 41.1 Å². The highest BCUT2D eigenvalue weighted by Crippen LogP contribution is 2.35. The molecule has 1 N–H and O–H groups in total. The van der Waals surface area contributed by atoms with Gasteiger partial charge in [-0.25, -0.2) is 4.68 Å². The van der Waals surface area contributed by atoms with E-state index in [-0.39, 0.29) is 0 Å². The normalized spacial score (nSPS) is 21.6. The van der Waals surface area contributed by atoms with E-state index < -0.39 is 0 Å². The second kappa shape index (κ2) is 5.43. The monoisotopic (exact) mass is 296 g/mol. The standard InChI is InChI=1S/C18H24N4/c1-13-5-3-7-15(11-13)22-18-16(8-9-19-18)17(20-22)14-6-4-10-21(2)12-14/h3,5,7,11,14,19H,4,6,8-10,12H2,1-2H3. The lowest BCUT2D eigenvalue weighted by molar-refractivity contribution is 0.247. The van der Waals surface area contributed by atoms with Crippen molar-refractivity contribution in [3.63, 3.8) is 0 Å². The lowest BCUT2D eigenvalue weighted by Crippen LogP contribution is -2.31. The summed E-state index contributed by atoms with van der Waals surface area (Å²) in [6, 6.07) is 8.61. The molecule has 4 heteroatoms. The molecule has 1 saturated heterocycles. The van der Waals surface area contributed by atoms with Gasteiger partial charge in [0.05, 0.1) is 11.4 Å². The van der Waals surface area contributed by atoms with E-state index >= 15 is 0 Å². The van der Waals surface area contributed by atoms with Gasteiger partial charge in [0, 0.05) is 24.6 Å². The second-order valence-electron chi connectivity index (χ2n) is 6.74. The van der Waals surface area contributed by atoms with E-state index in [4.69, 9.17) is 5.10 Å². The van der Waals surface area contributed by atoms with E-state index in [1.807, 2.05) is 0 Å². The van der Waals surface area contributed by atoms with Crippen LogP contribution in [0.2, 0.25) is 0 Å². The van der Waals surface area contributed by atoms with Crippen LogP contribution in [0, 0.1) is 6.92 Å². The fourth-order valence-corrected chi connectivity index (χ4v) is 3.87. The van der Waals surface area contributed by atoms with Gasteiger partial charge in [0.25, 0.3) is 0 Å². The number of nitrogens with one attached hydrogen (secondary N) is 1. The Kier molecular flexibility index (Phi) is 3.41. The number of piperidine rings is 1. The van der Waals surface area contributed by atoms with Crippen LogP contribution in [0.4, 0.5) is 5.82 Å². The van der Waals surface area contributed by atoms with Crippen LogP contribution in [0.3, 0.4) is 0 Å². The molecular weight excluding hydrogens is 272 g/mol. The summed E-state index contributed by atoms with van der Waals surface area (Å²) in [6.45, 7) is 5.53. The molecule has 1 atom stereocenters. The third-order valence-electron chi connectivity index (χ3n) is 4.94. The molecule has 2 aliphatic rings. The summed E-state index contributed by atoms with van der Waals surface area (Å²) in [5, 5.41) is 8.57. The molecule has 1 unspecified atom stereocenters. The molecule has 0 saturated carbocycles. The van der Waals surface area contributed by atoms with E-state index in [2.05, 4.69) is 53.1 Å². The minimum absolute atomic E-state index is 0.582. The largest absolute Gasteiger partial charge is 0.369 e. The maximum absolute atomic E-state index is 5.03. The van der Waals surface area contributed by atoms with Crippen molar-refractivity contribution in [2.75, 3.05) is 32.0 Å². The lowest BCUT2D eigenvalue weighted by atomic mass is 9.92. The molecule has 22 heavy (non-hydrogen) atoms. The van der Waals surface area contributed by atoms with Gasteiger partial charge in [0.2, 0.25) is 0 Å². The Labute approximate surface area is 132 Å². The highest BCUT2D eigenvalue weighted by molar-refractivity contribution is 5.58. The Balaban J connectivity index is 1.76. The molecule has 0 amide bonds. The van der Waals surface area contributed by atoms with Crippen LogP contribution in [0.5, 0.6) is 0 Å². The number of likely N-dealkylation sites (N-methyl/N-ethyl adjacent to an activating group) is 1. The van der Waals surface area contributed by atoms with Gasteiger partial charge in [0.15, 0.2) is 0 Å². The average Bonchev–Trinajstić information content (AvgIpc) is 3.09. The molecule has 2 aromatic rings. The first-order valence-corrected chi connectivity index (χ1v) is 8.33. The Morgan fingerprint density at radius 2 is 2.23 bits per heavy atom. The van der Waals surface area contributed by atoms with Crippen LogP contribution in [-0.4, -0.2) is 41.4 Å². The molecule has 1 aromatic carbocycles. The maximum Gasteiger partial charge on any atom is 0.133 e. The molecule has 0 bridgehead atoms. The molecule has 0 spiro atoms. The molecule has 0 radical (unpaired) electrons. The summed E-state index contributed by atoms with van der Waals surface area (Å²) in [4.78, 5) is 2.44. The number of hydrogen-bond donors (Lipinski definition) is 1. The van der Waals surface area contributed by atoms with Gasteiger partial charge < -0.3 is 10.2 Å². The first kappa shape index (κ1) is 13.8. The van der Waals surface area contributed by atoms with Gasteiger partial charge in [-0.3, -0.25) is 0 Å². The average molecular weight is 296 g/mol. The highest BCUT2D eigenvalue weighted by atomic mass is 15.3. The summed E-state index contributed by atoms with van der Waals surface area (Å²) in [6.07, 6.45) is 3.65. The number of anilines is 1. The molecule has 0 aliphatic carbocycles. The molecule has 1 aromatic heterocycles. The van der Waals surface area contributed by atoms with Crippen molar-refractivity contribution >= 4 is 5.82 Å². The smallest absolute Gasteiger partial charge is 0.133 e. The summed E-state index contributed by atoms with van der Waals surface area (Å²) >= 11 is 0. The van der Waals surface area contributed by atoms with Crippen LogP contribution >= 0.6 is 0 Å². The van der Waals surface area contributed by atoms with Crippen molar-refractivity contribution in [3.8, 4) is 5.69 Å². The molecular formula is C18H24N4. The SMILES string of the molecule is Cc1cccc(-n2nc(C3CCCN(C)C3)c3c2NCC3)c1. The Hall–Kier alpha value is -1.81. The van der Waals surface area contributed by atoms with E-state index in [9.17, 15) is 0 Å². The van der Waals surface area contributed by atoms with Gasteiger partial charge in [-0.15, -0.1) is 0 Å². The van der Waals surface area contributed by atoms with Crippen LogP contribution in [0.1, 0.15) is 35.6 Å². The number of fused-ring (bicyclic) bond motifs is 1. The summed E-state index contributed by atoms with van der Waals surface area (Å²) in [5.41, 5.74) is 5.22. The zero-order chi connectivity index (χ0) is 15.1. The molecule has 4 nitrogen and oxygen atoms in total. The van der Waals surface area contributed by atoms with E-state index in [1.54, 1.807) is 0 Å². The molecule has 1 fully saturated rings. The number of likely N-dealkylation sites (tertiary alicyclic amines) is 1. The fraction of sp³-hybridized carbons (Fsp3) is 0.500. The second-order valence-corrected chi connectivity index (χ2v) is 6.74. The maximum atomic E-state index is 5.03.